The molecule has 1 saturated heterocycles. The molecule has 1 aliphatic heterocycles. The van der Waals surface area contributed by atoms with Crippen LogP contribution in [0.25, 0.3) is 6.08 Å². The van der Waals surface area contributed by atoms with Crippen molar-refractivity contribution in [1.82, 2.24) is 4.90 Å². The highest BCUT2D eigenvalue weighted by atomic mass is 32.2. The number of rotatable bonds is 7. The number of hydrogen-bond donors (Lipinski definition) is 1. The lowest BCUT2D eigenvalue weighted by molar-refractivity contribution is -0.122. The van der Waals surface area contributed by atoms with E-state index in [1.165, 1.54) is 23.8 Å². The molecule has 0 unspecified atom stereocenters. The van der Waals surface area contributed by atoms with E-state index < -0.39 is 5.91 Å². The van der Waals surface area contributed by atoms with Gasteiger partial charge in [-0.1, -0.05) is 36.1 Å². The maximum atomic E-state index is 12.3. The zero-order chi connectivity index (χ0) is 17.7. The van der Waals surface area contributed by atoms with Crippen LogP contribution in [0.15, 0.2) is 35.8 Å². The van der Waals surface area contributed by atoms with Crippen LogP contribution in [0.3, 0.4) is 0 Å². The van der Waals surface area contributed by atoms with Gasteiger partial charge in [0.25, 0.3) is 11.8 Å². The van der Waals surface area contributed by atoms with E-state index in [2.05, 4.69) is 6.58 Å². The smallest absolute Gasteiger partial charge is 0.266 e. The third-order valence-electron chi connectivity index (χ3n) is 3.04. The summed E-state index contributed by atoms with van der Waals surface area (Å²) in [5.74, 6) is 0.101. The van der Waals surface area contributed by atoms with Crippen LogP contribution in [-0.2, 0) is 9.59 Å². The van der Waals surface area contributed by atoms with Crippen molar-refractivity contribution in [3.63, 3.8) is 0 Å². The fourth-order valence-electron chi connectivity index (χ4n) is 1.98. The van der Waals surface area contributed by atoms with Gasteiger partial charge in [-0.2, -0.15) is 0 Å². The summed E-state index contributed by atoms with van der Waals surface area (Å²) in [5.41, 5.74) is 5.81. The lowest BCUT2D eigenvalue weighted by atomic mass is 10.2. The van der Waals surface area contributed by atoms with Crippen LogP contribution in [0.1, 0.15) is 5.56 Å². The molecule has 0 aromatic heterocycles. The number of amides is 2. The van der Waals surface area contributed by atoms with Gasteiger partial charge in [0.1, 0.15) is 4.32 Å². The van der Waals surface area contributed by atoms with Gasteiger partial charge in [-0.3, -0.25) is 14.5 Å². The normalized spacial score (nSPS) is 15.7. The average Bonchev–Trinajstić information content (AvgIpc) is 2.81. The number of thiocarbonyl (C=S) groups is 1. The molecule has 2 N–H and O–H groups in total. The predicted octanol–water partition coefficient (Wildman–Crippen LogP) is 1.95. The summed E-state index contributed by atoms with van der Waals surface area (Å²) in [4.78, 5) is 25.1. The first-order chi connectivity index (χ1) is 11.5. The number of ether oxygens (including phenoxy) is 2. The second kappa shape index (κ2) is 7.98. The van der Waals surface area contributed by atoms with Crippen molar-refractivity contribution in [2.45, 2.75) is 0 Å². The Labute approximate surface area is 149 Å². The molecule has 1 heterocycles. The summed E-state index contributed by atoms with van der Waals surface area (Å²) in [6, 6.07) is 5.10. The average molecular weight is 364 g/mol. The molecule has 126 valence electrons. The molecule has 0 radical (unpaired) electrons. The van der Waals surface area contributed by atoms with Crippen LogP contribution in [0.4, 0.5) is 0 Å². The fourth-order valence-corrected chi connectivity index (χ4v) is 3.26. The number of carbonyl (C=O) groups excluding carboxylic acids is 2. The summed E-state index contributed by atoms with van der Waals surface area (Å²) >= 11 is 6.43. The number of hydrogen-bond acceptors (Lipinski definition) is 6. The SMILES string of the molecule is C=CCN1C(=O)/C(=C\c2ccc(OCC(N)=O)c(OC)c2)SC1=S. The highest BCUT2D eigenvalue weighted by Crippen LogP contribution is 2.34. The third-order valence-corrected chi connectivity index (χ3v) is 4.42. The molecule has 0 spiro atoms. The minimum atomic E-state index is -0.577. The Morgan fingerprint density at radius 1 is 1.46 bits per heavy atom. The van der Waals surface area contributed by atoms with E-state index in [4.69, 9.17) is 27.4 Å². The van der Waals surface area contributed by atoms with Gasteiger partial charge in [0.15, 0.2) is 18.1 Å². The minimum Gasteiger partial charge on any atom is -0.493 e. The van der Waals surface area contributed by atoms with Gasteiger partial charge >= 0.3 is 0 Å². The maximum Gasteiger partial charge on any atom is 0.266 e. The van der Waals surface area contributed by atoms with E-state index in [1.807, 2.05) is 0 Å². The van der Waals surface area contributed by atoms with E-state index in [0.717, 1.165) is 5.56 Å². The van der Waals surface area contributed by atoms with Crippen LogP contribution < -0.4 is 15.2 Å². The molecule has 2 amide bonds. The zero-order valence-electron chi connectivity index (χ0n) is 13.0. The van der Waals surface area contributed by atoms with Gasteiger partial charge < -0.3 is 15.2 Å². The first-order valence-electron chi connectivity index (χ1n) is 6.91. The van der Waals surface area contributed by atoms with Crippen LogP contribution in [0, 0.1) is 0 Å². The standard InChI is InChI=1S/C16H16N2O4S2/c1-3-6-18-15(20)13(24-16(18)23)8-10-4-5-11(12(7-10)21-2)22-9-14(17)19/h3-5,7-8H,1,6,9H2,2H3,(H2,17,19)/b13-8+. The molecule has 2 rings (SSSR count). The van der Waals surface area contributed by atoms with E-state index in [0.29, 0.717) is 27.3 Å². The number of primary amides is 1. The van der Waals surface area contributed by atoms with Crippen molar-refractivity contribution in [2.75, 3.05) is 20.3 Å². The largest absolute Gasteiger partial charge is 0.493 e. The van der Waals surface area contributed by atoms with Crippen molar-refractivity contribution < 1.29 is 19.1 Å². The molecule has 1 fully saturated rings. The Bertz CT molecular complexity index is 731. The maximum absolute atomic E-state index is 12.3. The third kappa shape index (κ3) is 4.15. The van der Waals surface area contributed by atoms with E-state index in [1.54, 1.807) is 30.4 Å². The fraction of sp³-hybridized carbons (Fsp3) is 0.188. The van der Waals surface area contributed by atoms with Gasteiger partial charge in [0, 0.05) is 6.54 Å². The molecule has 0 saturated carbocycles. The second-order valence-electron chi connectivity index (χ2n) is 4.75. The summed E-state index contributed by atoms with van der Waals surface area (Å²) in [7, 11) is 1.49. The van der Waals surface area contributed by atoms with Crippen molar-refractivity contribution >= 4 is 46.2 Å². The van der Waals surface area contributed by atoms with Crippen molar-refractivity contribution in [2.24, 2.45) is 5.73 Å². The van der Waals surface area contributed by atoms with Crippen molar-refractivity contribution in [3.8, 4) is 11.5 Å². The van der Waals surface area contributed by atoms with E-state index >= 15 is 0 Å². The topological polar surface area (TPSA) is 81.9 Å². The Hall–Kier alpha value is -2.32. The Morgan fingerprint density at radius 3 is 2.83 bits per heavy atom. The number of nitrogens with two attached hydrogens (primary N) is 1. The van der Waals surface area contributed by atoms with E-state index in [-0.39, 0.29) is 12.5 Å². The molecule has 1 aromatic carbocycles. The van der Waals surface area contributed by atoms with Crippen molar-refractivity contribution in [3.05, 3.63) is 41.3 Å². The van der Waals surface area contributed by atoms with Crippen LogP contribution in [0.2, 0.25) is 0 Å². The van der Waals surface area contributed by atoms with Gasteiger partial charge in [-0.15, -0.1) is 6.58 Å². The number of carbonyl (C=O) groups is 2. The first-order valence-corrected chi connectivity index (χ1v) is 8.14. The number of methoxy groups -OCH3 is 1. The summed E-state index contributed by atoms with van der Waals surface area (Å²) in [6.45, 7) is 3.76. The molecular formula is C16H16N2O4S2. The molecule has 24 heavy (non-hydrogen) atoms. The monoisotopic (exact) mass is 364 g/mol. The first kappa shape index (κ1) is 18.0. The molecular weight excluding hydrogens is 348 g/mol. The quantitative estimate of drug-likeness (QED) is 0.452. The van der Waals surface area contributed by atoms with Crippen LogP contribution in [-0.4, -0.2) is 41.3 Å². The Morgan fingerprint density at radius 2 is 2.21 bits per heavy atom. The van der Waals surface area contributed by atoms with Crippen molar-refractivity contribution in [1.29, 1.82) is 0 Å². The molecule has 8 heteroatoms. The highest BCUT2D eigenvalue weighted by Gasteiger charge is 2.30. The second-order valence-corrected chi connectivity index (χ2v) is 6.42. The van der Waals surface area contributed by atoms with Gasteiger partial charge in [0.05, 0.1) is 12.0 Å². The molecule has 1 aliphatic rings. The number of thioether (sulfide) groups is 1. The lowest BCUT2D eigenvalue weighted by Crippen LogP contribution is -2.27. The van der Waals surface area contributed by atoms with Gasteiger partial charge in [-0.25, -0.2) is 0 Å². The molecule has 6 nitrogen and oxygen atoms in total. The summed E-state index contributed by atoms with van der Waals surface area (Å²) in [6.07, 6.45) is 3.35. The Kier molecular flexibility index (Phi) is 5.99. The molecule has 0 aliphatic carbocycles. The molecule has 1 aromatic rings. The molecule has 0 bridgehead atoms. The number of benzene rings is 1. The Balaban J connectivity index is 2.23. The lowest BCUT2D eigenvalue weighted by Gasteiger charge is -2.11. The van der Waals surface area contributed by atoms with Gasteiger partial charge in [0.2, 0.25) is 0 Å². The molecule has 0 atom stereocenters. The van der Waals surface area contributed by atoms with E-state index in [9.17, 15) is 9.59 Å². The number of nitrogens with zero attached hydrogens (tertiary/aromatic N) is 1. The summed E-state index contributed by atoms with van der Waals surface area (Å²) in [5, 5.41) is 0. The van der Waals surface area contributed by atoms with Crippen LogP contribution >= 0.6 is 24.0 Å². The summed E-state index contributed by atoms with van der Waals surface area (Å²) < 4.78 is 11.0. The predicted molar refractivity (Wildman–Crippen MR) is 97.8 cm³/mol. The highest BCUT2D eigenvalue weighted by molar-refractivity contribution is 8.26. The zero-order valence-corrected chi connectivity index (χ0v) is 14.6. The minimum absolute atomic E-state index is 0.155. The van der Waals surface area contributed by atoms with Crippen LogP contribution in [0.5, 0.6) is 11.5 Å². The van der Waals surface area contributed by atoms with Gasteiger partial charge in [-0.05, 0) is 23.8 Å².